The van der Waals surface area contributed by atoms with Crippen molar-refractivity contribution in [3.63, 3.8) is 0 Å². The highest BCUT2D eigenvalue weighted by Crippen LogP contribution is 2.15. The quantitative estimate of drug-likeness (QED) is 0.641. The molecule has 0 aliphatic heterocycles. The van der Waals surface area contributed by atoms with Gasteiger partial charge in [0.2, 0.25) is 0 Å². The van der Waals surface area contributed by atoms with Crippen molar-refractivity contribution in [2.45, 2.75) is 0 Å². The molecule has 0 aromatic carbocycles. The summed E-state index contributed by atoms with van der Waals surface area (Å²) in [5, 5.41) is 18.5. The molecular formula is C7H5N5. The summed E-state index contributed by atoms with van der Waals surface area (Å²) in [6.45, 7) is 0. The molecule has 5 nitrogen and oxygen atoms in total. The maximum Gasteiger partial charge on any atom is 0.191 e. The van der Waals surface area contributed by atoms with Crippen LogP contribution in [0.25, 0.3) is 11.4 Å². The molecule has 2 aromatic heterocycles. The molecule has 0 amide bonds. The average Bonchev–Trinajstić information content (AvgIpc) is 2.74. The lowest BCUT2D eigenvalue weighted by molar-refractivity contribution is 0.936. The van der Waals surface area contributed by atoms with Gasteiger partial charge in [-0.05, 0) is 12.1 Å². The molecule has 2 heterocycles. The van der Waals surface area contributed by atoms with E-state index in [-0.39, 0.29) is 0 Å². The summed E-state index contributed by atoms with van der Waals surface area (Å²) in [7, 11) is 0. The number of H-pyrrole nitrogens is 2. The van der Waals surface area contributed by atoms with Gasteiger partial charge in [-0.1, -0.05) is 0 Å². The lowest BCUT2D eigenvalue weighted by Crippen LogP contribution is -1.81. The fraction of sp³-hybridized carbons (Fsp3) is 0. The van der Waals surface area contributed by atoms with Crippen molar-refractivity contribution in [3.05, 3.63) is 24.0 Å². The van der Waals surface area contributed by atoms with Crippen molar-refractivity contribution in [1.29, 1.82) is 5.26 Å². The second-order valence-electron chi connectivity index (χ2n) is 2.22. The number of hydrogen-bond acceptors (Lipinski definition) is 3. The molecule has 0 bridgehead atoms. The summed E-state index contributed by atoms with van der Waals surface area (Å²) >= 11 is 0. The van der Waals surface area contributed by atoms with Crippen LogP contribution in [0.3, 0.4) is 0 Å². The minimum Gasteiger partial charge on any atom is -0.360 e. The Bertz CT molecular complexity index is 405. The maximum absolute atomic E-state index is 8.62. The molecule has 0 saturated heterocycles. The molecule has 2 rings (SSSR count). The van der Waals surface area contributed by atoms with Crippen LogP contribution in [0.2, 0.25) is 0 Å². The Morgan fingerprint density at radius 1 is 1.42 bits per heavy atom. The van der Waals surface area contributed by atoms with Crippen molar-refractivity contribution in [2.75, 3.05) is 0 Å². The van der Waals surface area contributed by atoms with Crippen LogP contribution in [0.15, 0.2) is 18.3 Å². The predicted octanol–water partition coefficient (Wildman–Crippen LogP) is 0.671. The number of aromatic amines is 2. The Labute approximate surface area is 68.0 Å². The van der Waals surface area contributed by atoms with E-state index in [9.17, 15) is 0 Å². The van der Waals surface area contributed by atoms with Crippen LogP contribution >= 0.6 is 0 Å². The van der Waals surface area contributed by atoms with Gasteiger partial charge in [-0.25, -0.2) is 0 Å². The molecule has 5 heteroatoms. The first-order chi connectivity index (χ1) is 5.92. The third-order valence-corrected chi connectivity index (χ3v) is 1.51. The zero-order valence-electron chi connectivity index (χ0n) is 6.07. The fourth-order valence-electron chi connectivity index (χ4n) is 0.974. The zero-order chi connectivity index (χ0) is 8.39. The van der Waals surface area contributed by atoms with Gasteiger partial charge in [-0.15, -0.1) is 5.10 Å². The monoisotopic (exact) mass is 159 g/mol. The van der Waals surface area contributed by atoms with Crippen LogP contribution < -0.4 is 0 Å². The second-order valence-corrected chi connectivity index (χ2v) is 2.22. The van der Waals surface area contributed by atoms with Gasteiger partial charge >= 0.3 is 0 Å². The summed E-state index contributed by atoms with van der Waals surface area (Å²) in [5.74, 6) is 0. The van der Waals surface area contributed by atoms with Crippen molar-refractivity contribution in [2.24, 2.45) is 0 Å². The van der Waals surface area contributed by atoms with E-state index in [4.69, 9.17) is 5.26 Å². The van der Waals surface area contributed by atoms with E-state index in [1.165, 1.54) is 0 Å². The maximum atomic E-state index is 8.62. The molecule has 2 aromatic rings. The number of aromatic nitrogens is 4. The SMILES string of the molecule is N#Cc1n[nH]nc1-c1ccc[nH]1. The van der Waals surface area contributed by atoms with Crippen LogP contribution in [0.5, 0.6) is 0 Å². The molecular weight excluding hydrogens is 154 g/mol. The van der Waals surface area contributed by atoms with Crippen LogP contribution in [0.4, 0.5) is 0 Å². The molecule has 0 fully saturated rings. The second kappa shape index (κ2) is 2.51. The highest BCUT2D eigenvalue weighted by atomic mass is 15.3. The van der Waals surface area contributed by atoms with Gasteiger partial charge in [0.1, 0.15) is 11.8 Å². The minimum absolute atomic E-state index is 0.303. The van der Waals surface area contributed by atoms with Gasteiger partial charge in [0.15, 0.2) is 5.69 Å². The number of rotatable bonds is 1. The molecule has 58 valence electrons. The first-order valence-corrected chi connectivity index (χ1v) is 3.36. The van der Waals surface area contributed by atoms with Gasteiger partial charge in [0.25, 0.3) is 0 Å². The zero-order valence-corrected chi connectivity index (χ0v) is 6.07. The molecule has 0 atom stereocenters. The van der Waals surface area contributed by atoms with Gasteiger partial charge < -0.3 is 4.98 Å². The van der Waals surface area contributed by atoms with Crippen molar-refractivity contribution in [1.82, 2.24) is 20.4 Å². The summed E-state index contributed by atoms with van der Waals surface area (Å²) in [6.07, 6.45) is 1.77. The first-order valence-electron chi connectivity index (χ1n) is 3.36. The van der Waals surface area contributed by atoms with Gasteiger partial charge in [0, 0.05) is 6.20 Å². The Hall–Kier alpha value is -2.09. The molecule has 0 aliphatic carbocycles. The molecule has 2 N–H and O–H groups in total. The van der Waals surface area contributed by atoms with Crippen LogP contribution in [-0.2, 0) is 0 Å². The molecule has 0 saturated carbocycles. The van der Waals surface area contributed by atoms with Crippen molar-refractivity contribution >= 4 is 0 Å². The molecule has 0 spiro atoms. The van der Waals surface area contributed by atoms with E-state index in [1.807, 2.05) is 18.2 Å². The van der Waals surface area contributed by atoms with Crippen molar-refractivity contribution in [3.8, 4) is 17.5 Å². The Balaban J connectivity index is 2.55. The normalized spacial score (nSPS) is 9.58. The largest absolute Gasteiger partial charge is 0.360 e. The number of hydrogen-bond donors (Lipinski definition) is 2. The Morgan fingerprint density at radius 3 is 3.00 bits per heavy atom. The molecule has 12 heavy (non-hydrogen) atoms. The molecule has 0 radical (unpaired) electrons. The van der Waals surface area contributed by atoms with Crippen LogP contribution in [0.1, 0.15) is 5.69 Å². The molecule has 0 unspecified atom stereocenters. The molecule has 0 aliphatic rings. The van der Waals surface area contributed by atoms with Gasteiger partial charge in [-0.2, -0.15) is 15.6 Å². The number of nitrogens with zero attached hydrogens (tertiary/aromatic N) is 3. The number of nitrogens with one attached hydrogen (secondary N) is 2. The van der Waals surface area contributed by atoms with Crippen LogP contribution in [0, 0.1) is 11.3 Å². The standard InChI is InChI=1S/C7H5N5/c8-4-6-7(11-12-10-6)5-2-1-3-9-5/h1-3,9H,(H,10,11,12). The minimum atomic E-state index is 0.303. The lowest BCUT2D eigenvalue weighted by Gasteiger charge is -1.87. The highest BCUT2D eigenvalue weighted by molar-refractivity contribution is 5.59. The van der Waals surface area contributed by atoms with E-state index in [0.717, 1.165) is 5.69 Å². The number of nitriles is 1. The van der Waals surface area contributed by atoms with E-state index in [2.05, 4.69) is 20.4 Å². The third kappa shape index (κ3) is 0.864. The van der Waals surface area contributed by atoms with E-state index < -0.39 is 0 Å². The highest BCUT2D eigenvalue weighted by Gasteiger charge is 2.08. The fourth-order valence-corrected chi connectivity index (χ4v) is 0.974. The topological polar surface area (TPSA) is 81.2 Å². The summed E-state index contributed by atoms with van der Waals surface area (Å²) in [4.78, 5) is 2.94. The van der Waals surface area contributed by atoms with E-state index in [0.29, 0.717) is 11.4 Å². The average molecular weight is 159 g/mol. The van der Waals surface area contributed by atoms with Gasteiger partial charge in [0.05, 0.1) is 5.69 Å². The van der Waals surface area contributed by atoms with Crippen LogP contribution in [-0.4, -0.2) is 20.4 Å². The summed E-state index contributed by atoms with van der Waals surface area (Å²) < 4.78 is 0. The Kier molecular flexibility index (Phi) is 1.38. The van der Waals surface area contributed by atoms with Crippen molar-refractivity contribution < 1.29 is 0 Å². The van der Waals surface area contributed by atoms with Gasteiger partial charge in [-0.3, -0.25) is 0 Å². The smallest absolute Gasteiger partial charge is 0.191 e. The lowest BCUT2D eigenvalue weighted by atomic mass is 10.3. The summed E-state index contributed by atoms with van der Waals surface area (Å²) in [6, 6.07) is 5.61. The summed E-state index contributed by atoms with van der Waals surface area (Å²) in [5.41, 5.74) is 1.65. The van der Waals surface area contributed by atoms with E-state index >= 15 is 0 Å². The predicted molar refractivity (Wildman–Crippen MR) is 40.9 cm³/mol. The van der Waals surface area contributed by atoms with E-state index in [1.54, 1.807) is 6.20 Å². The first kappa shape index (κ1) is 6.61. The Morgan fingerprint density at radius 2 is 2.33 bits per heavy atom. The third-order valence-electron chi connectivity index (χ3n) is 1.51.